The molecule has 2 aliphatic rings. The number of amides is 3. The molecule has 3 heterocycles. The number of aromatic nitrogens is 1. The fraction of sp³-hybridized carbons (Fsp3) is 0.304. The Kier molecular flexibility index (Phi) is 5.70. The number of carbonyl (C=O) groups excluding carboxylic acids is 3. The second kappa shape index (κ2) is 8.57. The van der Waals surface area contributed by atoms with Crippen LogP contribution >= 0.6 is 11.3 Å². The zero-order valence-corrected chi connectivity index (χ0v) is 20.0. The van der Waals surface area contributed by atoms with E-state index in [-0.39, 0.29) is 21.2 Å². The number of thiazole rings is 1. The molecule has 0 radical (unpaired) electrons. The van der Waals surface area contributed by atoms with Crippen molar-refractivity contribution in [2.45, 2.75) is 37.1 Å². The van der Waals surface area contributed by atoms with Gasteiger partial charge in [-0.05, 0) is 50.1 Å². The molecule has 0 saturated carbocycles. The molecule has 1 saturated heterocycles. The summed E-state index contributed by atoms with van der Waals surface area (Å²) in [6.07, 6.45) is 2.73. The number of sulfonamides is 1. The van der Waals surface area contributed by atoms with Crippen LogP contribution in [0.5, 0.6) is 0 Å². The van der Waals surface area contributed by atoms with E-state index in [1.807, 2.05) is 0 Å². The first-order valence-electron chi connectivity index (χ1n) is 11.0. The van der Waals surface area contributed by atoms with Gasteiger partial charge in [-0.2, -0.15) is 4.31 Å². The first kappa shape index (κ1) is 22.6. The smallest absolute Gasteiger partial charge is 0.262 e. The largest absolute Gasteiger partial charge is 0.300 e. The number of imide groups is 1. The molecule has 0 spiro atoms. The standard InChI is InChI=1S/C23H22N4O5S2/c1-14(27-21(29)16-7-3-4-8-17(16)22(27)30)20(28)25-23-24-18-10-9-15(13-19(18)33-23)34(31,32)26-11-5-2-6-12-26/h3-4,7-10,13-14H,2,5-6,11-12H2,1H3,(H,24,25,28)/t14-/m0/s1. The molecule has 1 fully saturated rings. The summed E-state index contributed by atoms with van der Waals surface area (Å²) in [5.41, 5.74) is 1.09. The lowest BCUT2D eigenvalue weighted by molar-refractivity contribution is -0.119. The molecule has 3 amide bonds. The Morgan fingerprint density at radius 2 is 1.68 bits per heavy atom. The molecule has 2 aromatic carbocycles. The number of hydrogen-bond acceptors (Lipinski definition) is 7. The number of carbonyl (C=O) groups is 3. The second-order valence-corrected chi connectivity index (χ2v) is 11.3. The topological polar surface area (TPSA) is 117 Å². The van der Waals surface area contributed by atoms with E-state index in [1.54, 1.807) is 36.4 Å². The summed E-state index contributed by atoms with van der Waals surface area (Å²) < 4.78 is 28.1. The van der Waals surface area contributed by atoms with Gasteiger partial charge in [0.05, 0.1) is 26.2 Å². The molecule has 5 rings (SSSR count). The quantitative estimate of drug-likeness (QED) is 0.541. The van der Waals surface area contributed by atoms with E-state index in [9.17, 15) is 22.8 Å². The summed E-state index contributed by atoms with van der Waals surface area (Å²) in [6.45, 7) is 2.51. The molecule has 9 nitrogen and oxygen atoms in total. The number of nitrogens with zero attached hydrogens (tertiary/aromatic N) is 3. The third-order valence-electron chi connectivity index (χ3n) is 6.14. The van der Waals surface area contributed by atoms with Crippen LogP contribution in [0.4, 0.5) is 5.13 Å². The summed E-state index contributed by atoms with van der Waals surface area (Å²) >= 11 is 1.14. The molecule has 34 heavy (non-hydrogen) atoms. The molecule has 0 aliphatic carbocycles. The van der Waals surface area contributed by atoms with Crippen LogP contribution < -0.4 is 5.32 Å². The number of anilines is 1. The average molecular weight is 499 g/mol. The zero-order chi connectivity index (χ0) is 24.0. The van der Waals surface area contributed by atoms with Gasteiger partial charge in [-0.25, -0.2) is 13.4 Å². The van der Waals surface area contributed by atoms with Crippen molar-refractivity contribution in [1.82, 2.24) is 14.2 Å². The highest BCUT2D eigenvalue weighted by molar-refractivity contribution is 7.89. The highest BCUT2D eigenvalue weighted by atomic mass is 32.2. The Bertz CT molecular complexity index is 1390. The van der Waals surface area contributed by atoms with Gasteiger partial charge in [0, 0.05) is 13.1 Å². The average Bonchev–Trinajstić information content (AvgIpc) is 3.36. The van der Waals surface area contributed by atoms with Crippen molar-refractivity contribution < 1.29 is 22.8 Å². The SMILES string of the molecule is C[C@@H](C(=O)Nc1nc2ccc(S(=O)(=O)N3CCCCC3)cc2s1)N1C(=O)c2ccccc2C1=O. The van der Waals surface area contributed by atoms with Gasteiger partial charge in [0.25, 0.3) is 11.8 Å². The van der Waals surface area contributed by atoms with E-state index in [0.717, 1.165) is 35.5 Å². The molecule has 3 aromatic rings. The maximum absolute atomic E-state index is 13.0. The molecule has 0 unspecified atom stereocenters. The number of nitrogens with one attached hydrogen (secondary N) is 1. The first-order valence-corrected chi connectivity index (χ1v) is 13.2. The lowest BCUT2D eigenvalue weighted by Gasteiger charge is -2.25. The molecule has 1 N–H and O–H groups in total. The van der Waals surface area contributed by atoms with E-state index >= 15 is 0 Å². The van der Waals surface area contributed by atoms with Crippen molar-refractivity contribution in [3.05, 3.63) is 53.6 Å². The van der Waals surface area contributed by atoms with Crippen molar-refractivity contribution in [1.29, 1.82) is 0 Å². The third kappa shape index (κ3) is 3.79. The Morgan fingerprint density at radius 3 is 2.32 bits per heavy atom. The fourth-order valence-corrected chi connectivity index (χ4v) is 6.79. The minimum Gasteiger partial charge on any atom is -0.300 e. The van der Waals surface area contributed by atoms with Crippen molar-refractivity contribution in [2.75, 3.05) is 18.4 Å². The van der Waals surface area contributed by atoms with Crippen molar-refractivity contribution in [2.24, 2.45) is 0 Å². The number of benzene rings is 2. The molecular formula is C23H22N4O5S2. The third-order valence-corrected chi connectivity index (χ3v) is 8.96. The minimum absolute atomic E-state index is 0.197. The van der Waals surface area contributed by atoms with Crippen LogP contribution in [0, 0.1) is 0 Å². The van der Waals surface area contributed by atoms with Gasteiger partial charge in [-0.3, -0.25) is 19.3 Å². The van der Waals surface area contributed by atoms with Gasteiger partial charge in [-0.1, -0.05) is 29.9 Å². The Labute approximate surface area is 200 Å². The number of rotatable bonds is 5. The van der Waals surface area contributed by atoms with Crippen LogP contribution in [0.25, 0.3) is 10.2 Å². The Hall–Kier alpha value is -3.15. The molecule has 11 heteroatoms. The maximum Gasteiger partial charge on any atom is 0.262 e. The number of fused-ring (bicyclic) bond motifs is 2. The molecule has 1 atom stereocenters. The zero-order valence-electron chi connectivity index (χ0n) is 18.4. The van der Waals surface area contributed by atoms with Gasteiger partial charge in [0.1, 0.15) is 6.04 Å². The highest BCUT2D eigenvalue weighted by Crippen LogP contribution is 2.31. The van der Waals surface area contributed by atoms with E-state index in [2.05, 4.69) is 10.3 Å². The van der Waals surface area contributed by atoms with Gasteiger partial charge in [-0.15, -0.1) is 0 Å². The predicted octanol–water partition coefficient (Wildman–Crippen LogP) is 3.09. The first-order chi connectivity index (χ1) is 16.3. The molecule has 1 aromatic heterocycles. The lowest BCUT2D eigenvalue weighted by Crippen LogP contribution is -2.45. The van der Waals surface area contributed by atoms with E-state index in [0.29, 0.717) is 23.3 Å². The summed E-state index contributed by atoms with van der Waals surface area (Å²) in [6, 6.07) is 10.1. The van der Waals surface area contributed by atoms with Crippen molar-refractivity contribution in [3.8, 4) is 0 Å². The summed E-state index contributed by atoms with van der Waals surface area (Å²) in [4.78, 5) is 43.7. The van der Waals surface area contributed by atoms with E-state index < -0.39 is 33.8 Å². The summed E-state index contributed by atoms with van der Waals surface area (Å²) in [5, 5.41) is 2.92. The van der Waals surface area contributed by atoms with E-state index in [4.69, 9.17) is 0 Å². The molecule has 0 bridgehead atoms. The minimum atomic E-state index is -3.59. The number of piperidine rings is 1. The van der Waals surface area contributed by atoms with Crippen LogP contribution in [-0.4, -0.2) is 59.5 Å². The van der Waals surface area contributed by atoms with E-state index in [1.165, 1.54) is 17.3 Å². The second-order valence-electron chi connectivity index (χ2n) is 8.30. The molecule has 176 valence electrons. The lowest BCUT2D eigenvalue weighted by atomic mass is 10.1. The predicted molar refractivity (Wildman–Crippen MR) is 127 cm³/mol. The van der Waals surface area contributed by atoms with Crippen LogP contribution in [0.2, 0.25) is 0 Å². The van der Waals surface area contributed by atoms with Crippen LogP contribution in [0.3, 0.4) is 0 Å². The van der Waals surface area contributed by atoms with Crippen molar-refractivity contribution in [3.63, 3.8) is 0 Å². The van der Waals surface area contributed by atoms with Gasteiger partial charge < -0.3 is 5.32 Å². The van der Waals surface area contributed by atoms with Crippen molar-refractivity contribution >= 4 is 54.4 Å². The molecule has 2 aliphatic heterocycles. The van der Waals surface area contributed by atoms with Gasteiger partial charge >= 0.3 is 0 Å². The fourth-order valence-electron chi connectivity index (χ4n) is 4.26. The van der Waals surface area contributed by atoms with Gasteiger partial charge in [0.15, 0.2) is 5.13 Å². The summed E-state index contributed by atoms with van der Waals surface area (Å²) in [7, 11) is -3.59. The maximum atomic E-state index is 13.0. The van der Waals surface area contributed by atoms with Crippen LogP contribution in [0.1, 0.15) is 46.9 Å². The molecular weight excluding hydrogens is 476 g/mol. The van der Waals surface area contributed by atoms with Gasteiger partial charge in [0.2, 0.25) is 15.9 Å². The van der Waals surface area contributed by atoms with Crippen LogP contribution in [-0.2, 0) is 14.8 Å². The monoisotopic (exact) mass is 498 g/mol. The Morgan fingerprint density at radius 1 is 1.03 bits per heavy atom. The highest BCUT2D eigenvalue weighted by Gasteiger charge is 2.40. The Balaban J connectivity index is 1.35. The van der Waals surface area contributed by atoms with Crippen LogP contribution in [0.15, 0.2) is 47.4 Å². The normalized spacial score (nSPS) is 17.7. The number of hydrogen-bond donors (Lipinski definition) is 1. The summed E-state index contributed by atoms with van der Waals surface area (Å²) in [5.74, 6) is -1.59.